The maximum absolute atomic E-state index is 9.10. The van der Waals surface area contributed by atoms with Crippen molar-refractivity contribution in [3.05, 3.63) is 34.9 Å². The van der Waals surface area contributed by atoms with Gasteiger partial charge in [0.2, 0.25) is 0 Å². The van der Waals surface area contributed by atoms with E-state index in [-0.39, 0.29) is 12.6 Å². The Bertz CT molecular complexity index is 302. The molecular formula is C14H23NO. The van der Waals surface area contributed by atoms with Gasteiger partial charge in [-0.1, -0.05) is 36.2 Å². The van der Waals surface area contributed by atoms with Gasteiger partial charge in [0.25, 0.3) is 0 Å². The lowest BCUT2D eigenvalue weighted by atomic mass is 9.99. The van der Waals surface area contributed by atoms with Crippen LogP contribution in [0.3, 0.4) is 0 Å². The summed E-state index contributed by atoms with van der Waals surface area (Å²) >= 11 is 0. The number of aliphatic hydroxyl groups is 1. The Morgan fingerprint density at radius 1 is 1.19 bits per heavy atom. The smallest absolute Gasteiger partial charge is 0.0449 e. The first-order valence-corrected chi connectivity index (χ1v) is 6.09. The van der Waals surface area contributed by atoms with Crippen LogP contribution in [0.2, 0.25) is 0 Å². The minimum absolute atomic E-state index is 0.231. The highest BCUT2D eigenvalue weighted by Gasteiger charge is 2.10. The second kappa shape index (κ2) is 6.66. The van der Waals surface area contributed by atoms with Crippen LogP contribution in [-0.2, 0) is 0 Å². The zero-order valence-electron chi connectivity index (χ0n) is 10.6. The van der Waals surface area contributed by atoms with E-state index in [0.717, 1.165) is 19.4 Å². The monoisotopic (exact) mass is 221 g/mol. The molecule has 16 heavy (non-hydrogen) atoms. The first-order valence-electron chi connectivity index (χ1n) is 6.09. The van der Waals surface area contributed by atoms with Crippen molar-refractivity contribution in [2.24, 2.45) is 0 Å². The summed E-state index contributed by atoms with van der Waals surface area (Å²) in [6, 6.07) is 6.87. The maximum Gasteiger partial charge on any atom is 0.0449 e. The van der Waals surface area contributed by atoms with Gasteiger partial charge in [-0.2, -0.15) is 0 Å². The molecule has 0 saturated heterocycles. The number of benzene rings is 1. The van der Waals surface area contributed by atoms with E-state index in [1.807, 2.05) is 0 Å². The SMILES string of the molecule is CCCNC(CCO)c1cc(C)cc(C)c1. The summed E-state index contributed by atoms with van der Waals surface area (Å²) in [6.07, 6.45) is 1.90. The van der Waals surface area contributed by atoms with Crippen LogP contribution >= 0.6 is 0 Å². The molecule has 0 saturated carbocycles. The lowest BCUT2D eigenvalue weighted by molar-refractivity contribution is 0.265. The third kappa shape index (κ3) is 3.95. The molecule has 0 radical (unpaired) electrons. The molecule has 1 aromatic rings. The Morgan fingerprint density at radius 2 is 1.81 bits per heavy atom. The predicted molar refractivity (Wildman–Crippen MR) is 68.7 cm³/mol. The molecular weight excluding hydrogens is 198 g/mol. The number of nitrogens with one attached hydrogen (secondary N) is 1. The first kappa shape index (κ1) is 13.2. The Morgan fingerprint density at radius 3 is 2.31 bits per heavy atom. The normalized spacial score (nSPS) is 12.8. The van der Waals surface area contributed by atoms with Crippen molar-refractivity contribution < 1.29 is 5.11 Å². The van der Waals surface area contributed by atoms with Gasteiger partial charge < -0.3 is 10.4 Å². The van der Waals surface area contributed by atoms with Crippen LogP contribution < -0.4 is 5.32 Å². The number of hydrogen-bond donors (Lipinski definition) is 2. The zero-order valence-corrected chi connectivity index (χ0v) is 10.6. The molecule has 1 aromatic carbocycles. The molecule has 90 valence electrons. The lowest BCUT2D eigenvalue weighted by Gasteiger charge is -2.19. The fourth-order valence-corrected chi connectivity index (χ4v) is 2.05. The Balaban J connectivity index is 2.82. The van der Waals surface area contributed by atoms with Gasteiger partial charge in [-0.05, 0) is 38.8 Å². The molecule has 1 atom stereocenters. The molecule has 1 rings (SSSR count). The van der Waals surface area contributed by atoms with Crippen molar-refractivity contribution in [1.29, 1.82) is 0 Å². The van der Waals surface area contributed by atoms with Crippen LogP contribution in [-0.4, -0.2) is 18.3 Å². The van der Waals surface area contributed by atoms with Crippen molar-refractivity contribution in [3.63, 3.8) is 0 Å². The van der Waals surface area contributed by atoms with Crippen LogP contribution in [0.1, 0.15) is 42.5 Å². The van der Waals surface area contributed by atoms with Gasteiger partial charge in [0, 0.05) is 12.6 Å². The molecule has 0 heterocycles. The fourth-order valence-electron chi connectivity index (χ4n) is 2.05. The second-order valence-electron chi connectivity index (χ2n) is 4.44. The Labute approximate surface area is 98.7 Å². The highest BCUT2D eigenvalue weighted by atomic mass is 16.3. The van der Waals surface area contributed by atoms with Gasteiger partial charge in [-0.3, -0.25) is 0 Å². The Kier molecular flexibility index (Phi) is 5.50. The molecule has 0 fully saturated rings. The quantitative estimate of drug-likeness (QED) is 0.774. The number of hydrogen-bond acceptors (Lipinski definition) is 2. The van der Waals surface area contributed by atoms with Gasteiger partial charge in [0.1, 0.15) is 0 Å². The standard InChI is InChI=1S/C14H23NO/c1-4-6-15-14(5-7-16)13-9-11(2)8-12(3)10-13/h8-10,14-16H,4-7H2,1-3H3. The van der Waals surface area contributed by atoms with Crippen molar-refractivity contribution >= 4 is 0 Å². The molecule has 0 aliphatic rings. The van der Waals surface area contributed by atoms with Gasteiger partial charge in [-0.15, -0.1) is 0 Å². The van der Waals surface area contributed by atoms with E-state index in [0.29, 0.717) is 0 Å². The van der Waals surface area contributed by atoms with Crippen molar-refractivity contribution in [3.8, 4) is 0 Å². The third-order valence-corrected chi connectivity index (χ3v) is 2.70. The topological polar surface area (TPSA) is 32.3 Å². The predicted octanol–water partition coefficient (Wildman–Crippen LogP) is 2.73. The molecule has 2 heteroatoms. The number of aliphatic hydroxyl groups excluding tert-OH is 1. The summed E-state index contributed by atoms with van der Waals surface area (Å²) in [5.74, 6) is 0. The number of aryl methyl sites for hydroxylation is 2. The van der Waals surface area contributed by atoms with E-state index in [9.17, 15) is 0 Å². The highest BCUT2D eigenvalue weighted by Crippen LogP contribution is 2.19. The van der Waals surface area contributed by atoms with E-state index in [1.54, 1.807) is 0 Å². The van der Waals surface area contributed by atoms with Gasteiger partial charge in [0.15, 0.2) is 0 Å². The zero-order chi connectivity index (χ0) is 12.0. The molecule has 0 aliphatic carbocycles. The van der Waals surface area contributed by atoms with E-state index >= 15 is 0 Å². The minimum Gasteiger partial charge on any atom is -0.396 e. The van der Waals surface area contributed by atoms with Gasteiger partial charge in [-0.25, -0.2) is 0 Å². The maximum atomic E-state index is 9.10. The van der Waals surface area contributed by atoms with Crippen molar-refractivity contribution in [2.45, 2.75) is 39.7 Å². The summed E-state index contributed by atoms with van der Waals surface area (Å²) in [5, 5.41) is 12.6. The van der Waals surface area contributed by atoms with E-state index in [4.69, 9.17) is 5.11 Å². The van der Waals surface area contributed by atoms with E-state index in [1.165, 1.54) is 16.7 Å². The van der Waals surface area contributed by atoms with Crippen molar-refractivity contribution in [2.75, 3.05) is 13.2 Å². The average Bonchev–Trinajstić information content (AvgIpc) is 2.22. The molecule has 0 spiro atoms. The largest absolute Gasteiger partial charge is 0.396 e. The molecule has 2 N–H and O–H groups in total. The van der Waals surface area contributed by atoms with Crippen LogP contribution in [0, 0.1) is 13.8 Å². The third-order valence-electron chi connectivity index (χ3n) is 2.70. The van der Waals surface area contributed by atoms with Crippen LogP contribution in [0.25, 0.3) is 0 Å². The molecule has 1 unspecified atom stereocenters. The van der Waals surface area contributed by atoms with Crippen LogP contribution in [0.4, 0.5) is 0 Å². The summed E-state index contributed by atoms with van der Waals surface area (Å²) in [7, 11) is 0. The summed E-state index contributed by atoms with van der Waals surface area (Å²) in [6.45, 7) is 7.62. The average molecular weight is 221 g/mol. The first-order chi connectivity index (χ1) is 7.67. The molecule has 0 aromatic heterocycles. The van der Waals surface area contributed by atoms with E-state index < -0.39 is 0 Å². The molecule has 0 bridgehead atoms. The fraction of sp³-hybridized carbons (Fsp3) is 0.571. The second-order valence-corrected chi connectivity index (χ2v) is 4.44. The molecule has 2 nitrogen and oxygen atoms in total. The summed E-state index contributed by atoms with van der Waals surface area (Å²) in [5.41, 5.74) is 3.87. The lowest BCUT2D eigenvalue weighted by Crippen LogP contribution is -2.23. The van der Waals surface area contributed by atoms with Crippen LogP contribution in [0.15, 0.2) is 18.2 Å². The summed E-state index contributed by atoms with van der Waals surface area (Å²) in [4.78, 5) is 0. The highest BCUT2D eigenvalue weighted by molar-refractivity contribution is 5.30. The molecule has 0 aliphatic heterocycles. The van der Waals surface area contributed by atoms with Crippen LogP contribution in [0.5, 0.6) is 0 Å². The van der Waals surface area contributed by atoms with Crippen molar-refractivity contribution in [1.82, 2.24) is 5.32 Å². The van der Waals surface area contributed by atoms with E-state index in [2.05, 4.69) is 44.3 Å². The molecule has 0 amide bonds. The van der Waals surface area contributed by atoms with Gasteiger partial charge in [0.05, 0.1) is 0 Å². The number of rotatable bonds is 6. The van der Waals surface area contributed by atoms with Gasteiger partial charge >= 0.3 is 0 Å². The Hall–Kier alpha value is -0.860. The summed E-state index contributed by atoms with van der Waals surface area (Å²) < 4.78 is 0. The minimum atomic E-state index is 0.231.